The molecule has 0 aromatic heterocycles. The van der Waals surface area contributed by atoms with Gasteiger partial charge in [0.1, 0.15) is 29.9 Å². The van der Waals surface area contributed by atoms with Crippen molar-refractivity contribution in [3.63, 3.8) is 0 Å². The van der Waals surface area contributed by atoms with Gasteiger partial charge in [-0.05, 0) is 34.4 Å². The molecule has 1 saturated heterocycles. The van der Waals surface area contributed by atoms with Gasteiger partial charge in [-0.25, -0.2) is 0 Å². The third kappa shape index (κ3) is 9.39. The lowest BCUT2D eigenvalue weighted by molar-refractivity contribution is -0.138. The molecule has 0 bridgehead atoms. The van der Waals surface area contributed by atoms with E-state index in [0.29, 0.717) is 33.0 Å². The van der Waals surface area contributed by atoms with Crippen LogP contribution in [0.5, 0.6) is 0 Å². The fourth-order valence-corrected chi connectivity index (χ4v) is 6.59. The zero-order valence-electron chi connectivity index (χ0n) is 25.8. The van der Waals surface area contributed by atoms with Gasteiger partial charge in [-0.2, -0.15) is 0 Å². The van der Waals surface area contributed by atoms with Crippen LogP contribution in [-0.4, -0.2) is 36.5 Å². The zero-order chi connectivity index (χ0) is 31.2. The molecular formula is C40H40O5S. The van der Waals surface area contributed by atoms with Crippen molar-refractivity contribution < 1.29 is 23.7 Å². The number of thioether (sulfide) groups is 1. The highest BCUT2D eigenvalue weighted by Crippen LogP contribution is 2.40. The van der Waals surface area contributed by atoms with Gasteiger partial charge in [-0.15, -0.1) is 0 Å². The summed E-state index contributed by atoms with van der Waals surface area (Å²) in [5.74, 6) is 0. The predicted octanol–water partition coefficient (Wildman–Crippen LogP) is 8.48. The standard InChI is InChI=1S/C40H40O5S/c1-6-16-31(17-7-1)26-41-30-36(42-27-32-18-8-2-9-19-32)37-38(43-28-33-20-10-3-11-21-33)39(44-29-34-22-12-4-13-23-34)40(45-37)46-35-24-14-5-15-25-35/h1-25,36-40H,26-30H2/t36-,37+,38+,39-,40+/m1/s1. The highest BCUT2D eigenvalue weighted by molar-refractivity contribution is 7.99. The van der Waals surface area contributed by atoms with Crippen LogP contribution < -0.4 is 0 Å². The van der Waals surface area contributed by atoms with Crippen LogP contribution in [0.25, 0.3) is 0 Å². The topological polar surface area (TPSA) is 46.2 Å². The summed E-state index contributed by atoms with van der Waals surface area (Å²) in [7, 11) is 0. The minimum absolute atomic E-state index is 0.325. The monoisotopic (exact) mass is 632 g/mol. The molecule has 1 heterocycles. The molecule has 0 unspecified atom stereocenters. The number of benzene rings is 5. The van der Waals surface area contributed by atoms with Gasteiger partial charge in [-0.1, -0.05) is 151 Å². The first-order chi connectivity index (χ1) is 22.8. The highest BCUT2D eigenvalue weighted by atomic mass is 32.2. The van der Waals surface area contributed by atoms with Crippen molar-refractivity contribution in [3.8, 4) is 0 Å². The van der Waals surface area contributed by atoms with Gasteiger partial charge in [0.15, 0.2) is 0 Å². The SMILES string of the molecule is c1ccc(COC[C@@H](OCc2ccccc2)[C@@H]2O[C@@H](Sc3ccccc3)[C@H](OCc3ccccc3)[C@H]2OCc2ccccc2)cc1. The molecule has 5 aromatic rings. The van der Waals surface area contributed by atoms with Crippen molar-refractivity contribution in [3.05, 3.63) is 174 Å². The van der Waals surface area contributed by atoms with Gasteiger partial charge in [0.25, 0.3) is 0 Å². The Hall–Kier alpha value is -3.75. The lowest BCUT2D eigenvalue weighted by Gasteiger charge is -2.29. The molecule has 0 saturated carbocycles. The number of ether oxygens (including phenoxy) is 5. The lowest BCUT2D eigenvalue weighted by atomic mass is 10.1. The molecule has 0 spiro atoms. The Balaban J connectivity index is 1.28. The molecule has 5 atom stereocenters. The summed E-state index contributed by atoms with van der Waals surface area (Å²) in [6, 6.07) is 51.2. The van der Waals surface area contributed by atoms with Crippen LogP contribution in [0, 0.1) is 0 Å². The molecule has 0 radical (unpaired) electrons. The van der Waals surface area contributed by atoms with Crippen LogP contribution in [0.2, 0.25) is 0 Å². The molecule has 6 rings (SSSR count). The van der Waals surface area contributed by atoms with Crippen LogP contribution >= 0.6 is 11.8 Å². The molecule has 5 nitrogen and oxygen atoms in total. The second kappa shape index (κ2) is 17.2. The van der Waals surface area contributed by atoms with E-state index in [-0.39, 0.29) is 11.5 Å². The average Bonchev–Trinajstić information content (AvgIpc) is 3.46. The van der Waals surface area contributed by atoms with E-state index in [4.69, 9.17) is 23.7 Å². The summed E-state index contributed by atoms with van der Waals surface area (Å²) >= 11 is 1.65. The molecular weight excluding hydrogens is 593 g/mol. The first kappa shape index (κ1) is 32.2. The zero-order valence-corrected chi connectivity index (χ0v) is 26.6. The number of rotatable bonds is 16. The molecule has 1 aliphatic rings. The van der Waals surface area contributed by atoms with Crippen molar-refractivity contribution in [2.75, 3.05) is 6.61 Å². The summed E-state index contributed by atoms with van der Waals surface area (Å²) in [6.07, 6.45) is -1.62. The Morgan fingerprint density at radius 2 is 0.935 bits per heavy atom. The normalized spacial score (nSPS) is 20.0. The third-order valence-electron chi connectivity index (χ3n) is 7.84. The van der Waals surface area contributed by atoms with Crippen molar-refractivity contribution in [1.29, 1.82) is 0 Å². The Morgan fingerprint density at radius 3 is 1.46 bits per heavy atom. The summed E-state index contributed by atoms with van der Waals surface area (Å²) < 4.78 is 33.4. The summed E-state index contributed by atoms with van der Waals surface area (Å²) in [6.45, 7) is 2.11. The maximum atomic E-state index is 6.93. The van der Waals surface area contributed by atoms with E-state index in [2.05, 4.69) is 60.7 Å². The Bertz CT molecular complexity index is 1540. The maximum absolute atomic E-state index is 6.93. The highest BCUT2D eigenvalue weighted by Gasteiger charge is 2.50. The Kier molecular flexibility index (Phi) is 12.1. The average molecular weight is 633 g/mol. The molecule has 46 heavy (non-hydrogen) atoms. The quantitative estimate of drug-likeness (QED) is 0.109. The molecule has 0 aliphatic carbocycles. The largest absolute Gasteiger partial charge is 0.374 e. The summed E-state index contributed by atoms with van der Waals surface area (Å²) in [4.78, 5) is 1.10. The van der Waals surface area contributed by atoms with Gasteiger partial charge in [-0.3, -0.25) is 0 Å². The molecule has 236 valence electrons. The molecule has 1 fully saturated rings. The molecule has 6 heteroatoms. The van der Waals surface area contributed by atoms with E-state index in [1.807, 2.05) is 91.0 Å². The van der Waals surface area contributed by atoms with E-state index in [0.717, 1.165) is 27.1 Å². The van der Waals surface area contributed by atoms with Crippen molar-refractivity contribution >= 4 is 11.8 Å². The van der Waals surface area contributed by atoms with E-state index >= 15 is 0 Å². The molecule has 5 aromatic carbocycles. The van der Waals surface area contributed by atoms with Crippen LogP contribution in [0.3, 0.4) is 0 Å². The van der Waals surface area contributed by atoms with Gasteiger partial charge in [0.2, 0.25) is 0 Å². The van der Waals surface area contributed by atoms with E-state index < -0.39 is 18.3 Å². The van der Waals surface area contributed by atoms with E-state index in [1.54, 1.807) is 11.8 Å². The van der Waals surface area contributed by atoms with Crippen LogP contribution in [-0.2, 0) is 50.1 Å². The van der Waals surface area contributed by atoms with Crippen LogP contribution in [0.4, 0.5) is 0 Å². The predicted molar refractivity (Wildman–Crippen MR) is 182 cm³/mol. The maximum Gasteiger partial charge on any atom is 0.137 e. The molecule has 0 amide bonds. The Labute approximate surface area is 276 Å². The number of hydrogen-bond acceptors (Lipinski definition) is 6. The van der Waals surface area contributed by atoms with Crippen LogP contribution in [0.15, 0.2) is 157 Å². The minimum Gasteiger partial charge on any atom is -0.374 e. The van der Waals surface area contributed by atoms with Gasteiger partial charge >= 0.3 is 0 Å². The molecule has 1 aliphatic heterocycles. The van der Waals surface area contributed by atoms with Crippen molar-refractivity contribution in [2.45, 2.75) is 61.2 Å². The second-order valence-electron chi connectivity index (χ2n) is 11.3. The van der Waals surface area contributed by atoms with Crippen LogP contribution in [0.1, 0.15) is 22.3 Å². The first-order valence-electron chi connectivity index (χ1n) is 15.8. The van der Waals surface area contributed by atoms with E-state index in [1.165, 1.54) is 0 Å². The summed E-state index contributed by atoms with van der Waals surface area (Å²) in [5.41, 5.74) is 4.05. The minimum atomic E-state index is -0.440. The van der Waals surface area contributed by atoms with Crippen molar-refractivity contribution in [1.82, 2.24) is 0 Å². The van der Waals surface area contributed by atoms with Crippen molar-refractivity contribution in [2.24, 2.45) is 0 Å². The van der Waals surface area contributed by atoms with Gasteiger partial charge < -0.3 is 23.7 Å². The van der Waals surface area contributed by atoms with E-state index in [9.17, 15) is 0 Å². The summed E-state index contributed by atoms with van der Waals surface area (Å²) in [5, 5.41) is 0. The second-order valence-corrected chi connectivity index (χ2v) is 12.4. The fraction of sp³-hybridized carbons (Fsp3) is 0.250. The third-order valence-corrected chi connectivity index (χ3v) is 9.00. The Morgan fingerprint density at radius 1 is 0.500 bits per heavy atom. The van der Waals surface area contributed by atoms with Gasteiger partial charge in [0, 0.05) is 4.90 Å². The lowest BCUT2D eigenvalue weighted by Crippen LogP contribution is -2.44. The first-order valence-corrected chi connectivity index (χ1v) is 16.7. The van der Waals surface area contributed by atoms with Gasteiger partial charge in [0.05, 0.1) is 33.0 Å². The molecule has 0 N–H and O–H groups in total. The number of hydrogen-bond donors (Lipinski definition) is 0. The smallest absolute Gasteiger partial charge is 0.137 e. The fourth-order valence-electron chi connectivity index (χ4n) is 5.46.